The Balaban J connectivity index is 1.14. The number of anilines is 1. The molecule has 0 unspecified atom stereocenters. The molecule has 0 bridgehead atoms. The van der Waals surface area contributed by atoms with E-state index >= 15 is 0 Å². The molecule has 0 saturated carbocycles. The van der Waals surface area contributed by atoms with Crippen molar-refractivity contribution in [1.29, 1.82) is 0 Å². The molecule has 0 spiro atoms. The van der Waals surface area contributed by atoms with Crippen LogP contribution in [0.25, 0.3) is 11.4 Å². The average molecular weight is 558 g/mol. The van der Waals surface area contributed by atoms with E-state index in [9.17, 15) is 14.0 Å². The van der Waals surface area contributed by atoms with Crippen LogP contribution in [-0.2, 0) is 31.5 Å². The standard InChI is InChI=1S/C31H29ClFN5O2/c1-19(29-25(32)4-3-5-26(29)33)21-8-6-20(7-9-21)16-37-17-23-11-10-22(14-24(23)18-37)30-34-15-28(36(30)2)38-13-12-27(39)35-31(38)40/h3-11,14-15,19H,12-13,16-18H2,1-2H3,(H,35,39,40)/t19-/m0/s1. The predicted octanol–water partition coefficient (Wildman–Crippen LogP) is 5.99. The van der Waals surface area contributed by atoms with Gasteiger partial charge < -0.3 is 4.57 Å². The van der Waals surface area contributed by atoms with E-state index in [0.717, 1.165) is 36.6 Å². The van der Waals surface area contributed by atoms with Gasteiger partial charge in [0.2, 0.25) is 5.91 Å². The highest BCUT2D eigenvalue weighted by Gasteiger charge is 2.28. The zero-order valence-electron chi connectivity index (χ0n) is 22.3. The Morgan fingerprint density at radius 3 is 2.58 bits per heavy atom. The van der Waals surface area contributed by atoms with Crippen molar-refractivity contribution >= 4 is 29.4 Å². The summed E-state index contributed by atoms with van der Waals surface area (Å²) in [4.78, 5) is 32.4. The maximum Gasteiger partial charge on any atom is 0.329 e. The average Bonchev–Trinajstić information content (AvgIpc) is 3.51. The summed E-state index contributed by atoms with van der Waals surface area (Å²) >= 11 is 6.29. The number of fused-ring (bicyclic) bond motifs is 1. The minimum atomic E-state index is -0.422. The summed E-state index contributed by atoms with van der Waals surface area (Å²) in [5.41, 5.74) is 6.25. The predicted molar refractivity (Wildman–Crippen MR) is 152 cm³/mol. The highest BCUT2D eigenvalue weighted by molar-refractivity contribution is 6.31. The van der Waals surface area contributed by atoms with E-state index in [1.807, 2.05) is 18.5 Å². The van der Waals surface area contributed by atoms with E-state index in [1.54, 1.807) is 23.2 Å². The lowest BCUT2D eigenvalue weighted by atomic mass is 9.92. The molecule has 1 aromatic heterocycles. The fourth-order valence-corrected chi connectivity index (χ4v) is 6.01. The third-order valence-corrected chi connectivity index (χ3v) is 8.19. The summed E-state index contributed by atoms with van der Waals surface area (Å²) in [6.45, 7) is 4.78. The Morgan fingerprint density at radius 2 is 1.82 bits per heavy atom. The number of hydrogen-bond acceptors (Lipinski definition) is 4. The van der Waals surface area contributed by atoms with Crippen molar-refractivity contribution in [3.8, 4) is 11.4 Å². The number of nitrogens with zero attached hydrogens (tertiary/aromatic N) is 4. The van der Waals surface area contributed by atoms with Gasteiger partial charge in [-0.25, -0.2) is 14.2 Å². The van der Waals surface area contributed by atoms with E-state index in [0.29, 0.717) is 22.9 Å². The number of halogens is 2. The molecule has 40 heavy (non-hydrogen) atoms. The van der Waals surface area contributed by atoms with Gasteiger partial charge in [-0.1, -0.05) is 61.0 Å². The zero-order chi connectivity index (χ0) is 28.0. The monoisotopic (exact) mass is 557 g/mol. The van der Waals surface area contributed by atoms with Gasteiger partial charge in [0.05, 0.1) is 6.20 Å². The molecule has 1 N–H and O–H groups in total. The van der Waals surface area contributed by atoms with Crippen LogP contribution in [0.3, 0.4) is 0 Å². The maximum atomic E-state index is 14.4. The topological polar surface area (TPSA) is 70.5 Å². The van der Waals surface area contributed by atoms with Crippen molar-refractivity contribution < 1.29 is 14.0 Å². The van der Waals surface area contributed by atoms with Crippen LogP contribution >= 0.6 is 11.6 Å². The number of imide groups is 1. The summed E-state index contributed by atoms with van der Waals surface area (Å²) < 4.78 is 16.3. The normalized spacial score (nSPS) is 16.2. The third kappa shape index (κ3) is 4.89. The van der Waals surface area contributed by atoms with Crippen molar-refractivity contribution in [3.05, 3.63) is 106 Å². The minimum Gasteiger partial charge on any atom is -0.314 e. The van der Waals surface area contributed by atoms with Gasteiger partial charge in [-0.3, -0.25) is 19.9 Å². The molecule has 3 heterocycles. The number of amides is 3. The number of carbonyl (C=O) groups excluding carboxylic acids is 2. The highest BCUT2D eigenvalue weighted by Crippen LogP contribution is 2.33. The van der Waals surface area contributed by atoms with Crippen LogP contribution in [0.15, 0.2) is 66.9 Å². The number of hydrogen-bond donors (Lipinski definition) is 1. The Morgan fingerprint density at radius 1 is 1.05 bits per heavy atom. The molecule has 2 aliphatic heterocycles. The minimum absolute atomic E-state index is 0.143. The van der Waals surface area contributed by atoms with E-state index < -0.39 is 6.03 Å². The molecule has 4 aromatic rings. The second kappa shape index (κ2) is 10.5. The summed E-state index contributed by atoms with van der Waals surface area (Å²) in [7, 11) is 1.88. The van der Waals surface area contributed by atoms with Gasteiger partial charge in [0.15, 0.2) is 0 Å². The highest BCUT2D eigenvalue weighted by atomic mass is 35.5. The molecule has 1 saturated heterocycles. The second-order valence-electron chi connectivity index (χ2n) is 10.5. The largest absolute Gasteiger partial charge is 0.329 e. The quantitative estimate of drug-likeness (QED) is 0.316. The van der Waals surface area contributed by atoms with E-state index in [4.69, 9.17) is 11.6 Å². The lowest BCUT2D eigenvalue weighted by Crippen LogP contribution is -2.50. The number of aromatic nitrogens is 2. The first-order valence-electron chi connectivity index (χ1n) is 13.3. The molecule has 6 rings (SSSR count). The van der Waals surface area contributed by atoms with Crippen LogP contribution < -0.4 is 10.2 Å². The zero-order valence-corrected chi connectivity index (χ0v) is 23.1. The van der Waals surface area contributed by atoms with Gasteiger partial charge in [0.1, 0.15) is 17.5 Å². The number of rotatable bonds is 6. The smallest absolute Gasteiger partial charge is 0.314 e. The van der Waals surface area contributed by atoms with Crippen molar-refractivity contribution in [2.24, 2.45) is 7.05 Å². The Bertz CT molecular complexity index is 1600. The number of urea groups is 1. The number of imidazole rings is 1. The number of benzene rings is 3. The van der Waals surface area contributed by atoms with Crippen molar-refractivity contribution in [1.82, 2.24) is 19.8 Å². The molecule has 3 amide bonds. The van der Waals surface area contributed by atoms with Crippen molar-refractivity contribution in [2.75, 3.05) is 11.4 Å². The summed E-state index contributed by atoms with van der Waals surface area (Å²) in [5, 5.41) is 2.81. The second-order valence-corrected chi connectivity index (χ2v) is 10.9. The number of carbonyl (C=O) groups is 2. The first kappa shape index (κ1) is 26.2. The van der Waals surface area contributed by atoms with Crippen LogP contribution in [-0.4, -0.2) is 32.9 Å². The SMILES string of the molecule is C[C@@H](c1ccc(CN2Cc3ccc(-c4ncc(N5CCC(=O)NC5=O)n4C)cc3C2)cc1)c1c(F)cccc1Cl. The lowest BCUT2D eigenvalue weighted by Gasteiger charge is -2.26. The Hall–Kier alpha value is -4.01. The maximum absolute atomic E-state index is 14.4. The van der Waals surface area contributed by atoms with Gasteiger partial charge in [-0.05, 0) is 40.5 Å². The van der Waals surface area contributed by atoms with Crippen LogP contribution in [0.5, 0.6) is 0 Å². The molecule has 1 fully saturated rings. The summed E-state index contributed by atoms with van der Waals surface area (Å²) in [5.74, 6) is 0.728. The summed E-state index contributed by atoms with van der Waals surface area (Å²) in [6, 6.07) is 19.1. The van der Waals surface area contributed by atoms with E-state index in [-0.39, 0.29) is 24.1 Å². The van der Waals surface area contributed by atoms with Gasteiger partial charge in [0, 0.05) is 61.7 Å². The van der Waals surface area contributed by atoms with Gasteiger partial charge in [-0.2, -0.15) is 0 Å². The summed E-state index contributed by atoms with van der Waals surface area (Å²) in [6.07, 6.45) is 1.94. The molecule has 7 nitrogen and oxygen atoms in total. The third-order valence-electron chi connectivity index (χ3n) is 7.87. The van der Waals surface area contributed by atoms with Crippen LogP contribution in [0.4, 0.5) is 15.0 Å². The molecule has 9 heteroatoms. The van der Waals surface area contributed by atoms with Crippen molar-refractivity contribution in [3.63, 3.8) is 0 Å². The fourth-order valence-electron chi connectivity index (χ4n) is 5.68. The van der Waals surface area contributed by atoms with Gasteiger partial charge in [-0.15, -0.1) is 0 Å². The molecular weight excluding hydrogens is 529 g/mol. The molecule has 0 aliphatic carbocycles. The molecule has 0 radical (unpaired) electrons. The first-order chi connectivity index (χ1) is 19.3. The molecule has 2 aliphatic rings. The van der Waals surface area contributed by atoms with Crippen molar-refractivity contribution in [2.45, 2.75) is 38.9 Å². The Labute approximate surface area is 237 Å². The van der Waals surface area contributed by atoms with Crippen LogP contribution in [0, 0.1) is 5.82 Å². The molecular formula is C31H29ClFN5O2. The van der Waals surface area contributed by atoms with Gasteiger partial charge in [0.25, 0.3) is 0 Å². The molecule has 3 aromatic carbocycles. The van der Waals surface area contributed by atoms with Gasteiger partial charge >= 0.3 is 6.03 Å². The van der Waals surface area contributed by atoms with E-state index in [2.05, 4.69) is 57.7 Å². The Kier molecular flexibility index (Phi) is 6.90. The van der Waals surface area contributed by atoms with Crippen LogP contribution in [0.1, 0.15) is 47.1 Å². The molecule has 204 valence electrons. The molecule has 1 atom stereocenters. The number of nitrogens with one attached hydrogen (secondary N) is 1. The van der Waals surface area contributed by atoms with E-state index in [1.165, 1.54) is 22.8 Å². The first-order valence-corrected chi connectivity index (χ1v) is 13.7. The lowest BCUT2D eigenvalue weighted by molar-refractivity contribution is -0.120. The van der Waals surface area contributed by atoms with Crippen LogP contribution in [0.2, 0.25) is 5.02 Å². The fraction of sp³-hybridized carbons (Fsp3) is 0.258.